The lowest BCUT2D eigenvalue weighted by atomic mass is 9.86. The van der Waals surface area contributed by atoms with Crippen LogP contribution in [0.5, 0.6) is 0 Å². The van der Waals surface area contributed by atoms with Gasteiger partial charge >= 0.3 is 5.76 Å². The molecule has 0 spiro atoms. The Kier molecular flexibility index (Phi) is 6.14. The van der Waals surface area contributed by atoms with Crippen molar-refractivity contribution < 1.29 is 21.9 Å². The van der Waals surface area contributed by atoms with Crippen molar-refractivity contribution in [2.45, 2.75) is 48.3 Å². The predicted molar refractivity (Wildman–Crippen MR) is 96.3 cm³/mol. The van der Waals surface area contributed by atoms with Crippen molar-refractivity contribution >= 4 is 15.5 Å². The van der Waals surface area contributed by atoms with Gasteiger partial charge in [-0.1, -0.05) is 6.42 Å². The van der Waals surface area contributed by atoms with Crippen LogP contribution in [0.4, 0.5) is 14.5 Å². The van der Waals surface area contributed by atoms with E-state index < -0.39 is 15.6 Å². The van der Waals surface area contributed by atoms with Crippen LogP contribution in [-0.4, -0.2) is 57.5 Å². The van der Waals surface area contributed by atoms with Crippen LogP contribution >= 0.6 is 0 Å². The summed E-state index contributed by atoms with van der Waals surface area (Å²) in [6.45, 7) is 4.39. The molecule has 1 N–H and O–H groups in total. The Morgan fingerprint density at radius 3 is 2.27 bits per heavy atom. The molecular weight excluding hydrogens is 362 g/mol. The average molecular weight is 388 g/mol. The topological polar surface area (TPSA) is 58.6 Å². The number of alkyl halides is 2. The zero-order chi connectivity index (χ0) is 18.6. The van der Waals surface area contributed by atoms with E-state index in [9.17, 15) is 17.2 Å². The number of piperidine rings is 1. The summed E-state index contributed by atoms with van der Waals surface area (Å²) < 4.78 is 53.8. The van der Waals surface area contributed by atoms with Crippen LogP contribution in [0.3, 0.4) is 0 Å². The van der Waals surface area contributed by atoms with Crippen molar-refractivity contribution in [3.05, 3.63) is 24.3 Å². The number of benzene rings is 1. The number of likely N-dealkylation sites (tertiary alicyclic amines) is 1. The van der Waals surface area contributed by atoms with Gasteiger partial charge in [0.25, 0.3) is 0 Å². The molecule has 0 saturated carbocycles. The maximum atomic E-state index is 12.6. The van der Waals surface area contributed by atoms with Gasteiger partial charge in [-0.15, -0.1) is 0 Å². The van der Waals surface area contributed by atoms with Gasteiger partial charge in [-0.25, -0.2) is 8.42 Å². The van der Waals surface area contributed by atoms with Crippen LogP contribution in [0.15, 0.2) is 29.2 Å². The molecule has 2 aliphatic heterocycles. The average Bonchev–Trinajstić information content (AvgIpc) is 2.68. The Bertz CT molecular complexity index is 683. The normalized spacial score (nSPS) is 21.7. The molecule has 2 saturated heterocycles. The van der Waals surface area contributed by atoms with Crippen molar-refractivity contribution in [3.63, 3.8) is 0 Å². The fourth-order valence-electron chi connectivity index (χ4n) is 3.86. The number of rotatable bonds is 6. The first-order chi connectivity index (χ1) is 12.4. The van der Waals surface area contributed by atoms with Crippen molar-refractivity contribution in [1.29, 1.82) is 0 Å². The first-order valence-electron chi connectivity index (χ1n) is 9.13. The molecule has 2 fully saturated rings. The number of nitrogens with zero attached hydrogens (tertiary/aromatic N) is 1. The van der Waals surface area contributed by atoms with Crippen LogP contribution in [0, 0.1) is 0 Å². The zero-order valence-corrected chi connectivity index (χ0v) is 15.6. The lowest BCUT2D eigenvalue weighted by Crippen LogP contribution is -2.57. The molecule has 0 unspecified atom stereocenters. The summed E-state index contributed by atoms with van der Waals surface area (Å²) in [5.74, 6) is -3.40. The molecule has 5 nitrogen and oxygen atoms in total. The van der Waals surface area contributed by atoms with Gasteiger partial charge in [0.1, 0.15) is 0 Å². The minimum atomic E-state index is -4.54. The van der Waals surface area contributed by atoms with Crippen molar-refractivity contribution in [2.75, 3.05) is 38.2 Å². The van der Waals surface area contributed by atoms with Crippen LogP contribution < -0.4 is 5.32 Å². The van der Waals surface area contributed by atoms with E-state index in [1.807, 2.05) is 0 Å². The van der Waals surface area contributed by atoms with Crippen molar-refractivity contribution in [1.82, 2.24) is 4.90 Å². The Balaban J connectivity index is 1.69. The number of hydrogen-bond acceptors (Lipinski definition) is 5. The number of anilines is 1. The van der Waals surface area contributed by atoms with Gasteiger partial charge in [-0.2, -0.15) is 8.78 Å². The highest BCUT2D eigenvalue weighted by Crippen LogP contribution is 2.31. The molecule has 146 valence electrons. The van der Waals surface area contributed by atoms with Gasteiger partial charge < -0.3 is 10.1 Å². The second-order valence-corrected chi connectivity index (χ2v) is 8.99. The molecule has 0 amide bonds. The van der Waals surface area contributed by atoms with Gasteiger partial charge in [0, 0.05) is 31.0 Å². The van der Waals surface area contributed by atoms with Crippen molar-refractivity contribution in [2.24, 2.45) is 0 Å². The van der Waals surface area contributed by atoms with E-state index in [1.54, 1.807) is 12.1 Å². The Hall–Kier alpha value is -1.25. The zero-order valence-electron chi connectivity index (χ0n) is 14.8. The summed E-state index contributed by atoms with van der Waals surface area (Å²) in [5, 5.41) is 3.38. The fourth-order valence-corrected chi connectivity index (χ4v) is 4.58. The van der Waals surface area contributed by atoms with Gasteiger partial charge in [-0.05, 0) is 63.0 Å². The van der Waals surface area contributed by atoms with Gasteiger partial charge in [0.15, 0.2) is 0 Å². The first-order valence-corrected chi connectivity index (χ1v) is 10.7. The summed E-state index contributed by atoms with van der Waals surface area (Å²) >= 11 is 0. The van der Waals surface area contributed by atoms with E-state index in [4.69, 9.17) is 4.74 Å². The molecule has 3 rings (SSSR count). The number of sulfone groups is 1. The summed E-state index contributed by atoms with van der Waals surface area (Å²) in [6, 6.07) is 5.58. The molecule has 0 bridgehead atoms. The molecule has 2 aliphatic rings. The number of hydrogen-bond donors (Lipinski definition) is 1. The number of nitrogens with one attached hydrogen (secondary N) is 1. The van der Waals surface area contributed by atoms with Gasteiger partial charge in [-0.3, -0.25) is 4.90 Å². The van der Waals surface area contributed by atoms with Gasteiger partial charge in [0.05, 0.1) is 4.90 Å². The molecule has 0 radical (unpaired) electrons. The largest absolute Gasteiger partial charge is 0.383 e. The van der Waals surface area contributed by atoms with Crippen LogP contribution in [0.25, 0.3) is 0 Å². The molecule has 8 heteroatoms. The third-order valence-corrected chi connectivity index (χ3v) is 6.89. The lowest BCUT2D eigenvalue weighted by molar-refractivity contribution is -0.0293. The Morgan fingerprint density at radius 1 is 1.08 bits per heavy atom. The number of halogens is 2. The second-order valence-electron chi connectivity index (χ2n) is 7.07. The summed E-state index contributed by atoms with van der Waals surface area (Å²) in [4.78, 5) is 2.21. The number of ether oxygens (including phenoxy) is 1. The Morgan fingerprint density at radius 2 is 1.69 bits per heavy atom. The fraction of sp³-hybridized carbons (Fsp3) is 0.667. The molecule has 0 aliphatic carbocycles. The van der Waals surface area contributed by atoms with E-state index in [0.29, 0.717) is 0 Å². The highest BCUT2D eigenvalue weighted by molar-refractivity contribution is 7.91. The molecule has 2 heterocycles. The van der Waals surface area contributed by atoms with Crippen LogP contribution in [-0.2, 0) is 14.6 Å². The molecule has 0 atom stereocenters. The summed E-state index contributed by atoms with van der Waals surface area (Å²) in [7, 11) is -4.54. The third kappa shape index (κ3) is 4.18. The van der Waals surface area contributed by atoms with Crippen LogP contribution in [0.2, 0.25) is 0 Å². The highest BCUT2D eigenvalue weighted by Gasteiger charge is 2.38. The Labute approximate surface area is 153 Å². The SMILES string of the molecule is O=S(=O)(c1ccc(NCC2(N3CCCCC3)CCOCC2)cc1)C(F)F. The maximum Gasteiger partial charge on any atom is 0.341 e. The lowest BCUT2D eigenvalue weighted by Gasteiger charge is -2.48. The molecule has 26 heavy (non-hydrogen) atoms. The highest BCUT2D eigenvalue weighted by atomic mass is 32.2. The van der Waals surface area contributed by atoms with E-state index in [0.717, 1.165) is 51.4 Å². The third-order valence-electron chi connectivity index (χ3n) is 5.49. The quantitative estimate of drug-likeness (QED) is 0.811. The summed E-state index contributed by atoms with van der Waals surface area (Å²) in [5.41, 5.74) is 0.771. The smallest absolute Gasteiger partial charge is 0.341 e. The van der Waals surface area contributed by atoms with Gasteiger partial charge in [0.2, 0.25) is 9.84 Å². The minimum absolute atomic E-state index is 0.0341. The standard InChI is InChI=1S/C18H26F2N2O3S/c19-17(20)26(23,24)16-6-4-15(5-7-16)21-14-18(8-12-25-13-9-18)22-10-2-1-3-11-22/h4-7,17,21H,1-3,8-14H2. The maximum absolute atomic E-state index is 12.6. The van der Waals surface area contributed by atoms with E-state index in [2.05, 4.69) is 10.2 Å². The van der Waals surface area contributed by atoms with E-state index >= 15 is 0 Å². The predicted octanol–water partition coefficient (Wildman–Crippen LogP) is 3.13. The molecular formula is C18H26F2N2O3S. The van der Waals surface area contributed by atoms with E-state index in [-0.39, 0.29) is 10.4 Å². The molecule has 1 aromatic carbocycles. The first kappa shape index (κ1) is 19.5. The minimum Gasteiger partial charge on any atom is -0.383 e. The van der Waals surface area contributed by atoms with Crippen LogP contribution in [0.1, 0.15) is 32.1 Å². The molecule has 1 aromatic rings. The van der Waals surface area contributed by atoms with E-state index in [1.165, 1.54) is 31.4 Å². The second kappa shape index (κ2) is 8.19. The summed E-state index contributed by atoms with van der Waals surface area (Å²) in [6.07, 6.45) is 5.61. The molecule has 0 aromatic heterocycles. The monoisotopic (exact) mass is 388 g/mol. The van der Waals surface area contributed by atoms with Crippen molar-refractivity contribution in [3.8, 4) is 0 Å².